The summed E-state index contributed by atoms with van der Waals surface area (Å²) in [5, 5.41) is 3.93. The molecule has 1 radical (unpaired) electrons. The van der Waals surface area contributed by atoms with Crippen LogP contribution in [0.3, 0.4) is 0 Å². The number of nitrogens with zero attached hydrogens (tertiary/aromatic N) is 1. The molecule has 3 nitrogen and oxygen atoms in total. The van der Waals surface area contributed by atoms with Gasteiger partial charge in [-0.05, 0) is 12.1 Å². The molecule has 1 aliphatic rings. The third kappa shape index (κ3) is 1.49. The summed E-state index contributed by atoms with van der Waals surface area (Å²) >= 11 is 0. The summed E-state index contributed by atoms with van der Waals surface area (Å²) in [5.74, 6) is 0.838. The number of hydrogen-bond donors (Lipinski definition) is 0. The van der Waals surface area contributed by atoms with Crippen LogP contribution in [0, 0.1) is 6.61 Å². The second-order valence-corrected chi connectivity index (χ2v) is 2.71. The summed E-state index contributed by atoms with van der Waals surface area (Å²) in [4.78, 5) is 4.75. The van der Waals surface area contributed by atoms with Gasteiger partial charge < -0.3 is 9.57 Å². The molecule has 0 bridgehead atoms. The molecule has 1 aromatic carbocycles. The highest BCUT2D eigenvalue weighted by Gasteiger charge is 2.16. The molecule has 0 atom stereocenters. The number of rotatable bonds is 1. The van der Waals surface area contributed by atoms with Crippen molar-refractivity contribution in [1.29, 1.82) is 0 Å². The zero-order valence-corrected chi connectivity index (χ0v) is 7.36. The van der Waals surface area contributed by atoms with Gasteiger partial charge in [-0.2, -0.15) is 0 Å². The topological polar surface area (TPSA) is 30.8 Å². The molecule has 0 amide bonds. The van der Waals surface area contributed by atoms with Crippen LogP contribution < -0.4 is 4.74 Å². The molecule has 0 aliphatic carbocycles. The highest BCUT2D eigenvalue weighted by atomic mass is 16.6. The monoisotopic (exact) mass is 176 g/mol. The van der Waals surface area contributed by atoms with Crippen LogP contribution in [0.5, 0.6) is 5.75 Å². The average molecular weight is 176 g/mol. The van der Waals surface area contributed by atoms with E-state index in [2.05, 4.69) is 5.16 Å². The smallest absolute Gasteiger partial charge is 0.141 e. The van der Waals surface area contributed by atoms with Crippen LogP contribution in [0.1, 0.15) is 12.0 Å². The molecule has 0 N–H and O–H groups in total. The molecule has 0 saturated heterocycles. The van der Waals surface area contributed by atoms with Gasteiger partial charge in [-0.25, -0.2) is 0 Å². The van der Waals surface area contributed by atoms with E-state index >= 15 is 0 Å². The van der Waals surface area contributed by atoms with Crippen molar-refractivity contribution in [3.8, 4) is 5.75 Å². The van der Waals surface area contributed by atoms with Gasteiger partial charge in [0.25, 0.3) is 0 Å². The fraction of sp³-hybridized carbons (Fsp3) is 0.200. The van der Waals surface area contributed by atoms with Crippen molar-refractivity contribution in [2.24, 2.45) is 5.16 Å². The van der Waals surface area contributed by atoms with Gasteiger partial charge in [-0.3, -0.25) is 0 Å². The highest BCUT2D eigenvalue weighted by molar-refractivity contribution is 6.03. The third-order valence-electron chi connectivity index (χ3n) is 1.89. The van der Waals surface area contributed by atoms with Crippen molar-refractivity contribution in [2.45, 2.75) is 6.42 Å². The molecule has 3 heteroatoms. The maximum atomic E-state index is 5.34. The molecule has 67 valence electrons. The Morgan fingerprint density at radius 3 is 3.08 bits per heavy atom. The zero-order chi connectivity index (χ0) is 9.10. The van der Waals surface area contributed by atoms with Crippen molar-refractivity contribution in [2.75, 3.05) is 7.11 Å². The Balaban J connectivity index is 2.42. The number of para-hydroxylation sites is 1. The Hall–Kier alpha value is -1.51. The first-order valence-electron chi connectivity index (χ1n) is 4.09. The minimum atomic E-state index is 0.685. The Labute approximate surface area is 77.0 Å². The number of fused-ring (bicyclic) bond motifs is 1. The second-order valence-electron chi connectivity index (χ2n) is 2.71. The van der Waals surface area contributed by atoms with Gasteiger partial charge in [0.05, 0.1) is 5.71 Å². The van der Waals surface area contributed by atoms with Crippen LogP contribution >= 0.6 is 0 Å². The molecule has 1 aromatic rings. The average Bonchev–Trinajstić information content (AvgIpc) is 2.19. The van der Waals surface area contributed by atoms with E-state index in [1.165, 1.54) is 0 Å². The predicted molar refractivity (Wildman–Crippen MR) is 49.5 cm³/mol. The summed E-state index contributed by atoms with van der Waals surface area (Å²) in [6.07, 6.45) is 0.685. The van der Waals surface area contributed by atoms with E-state index in [9.17, 15) is 0 Å². The van der Waals surface area contributed by atoms with Gasteiger partial charge in [0, 0.05) is 12.0 Å². The van der Waals surface area contributed by atoms with Crippen LogP contribution in [0.4, 0.5) is 0 Å². The minimum Gasteiger partial charge on any atom is -0.485 e. The van der Waals surface area contributed by atoms with Crippen molar-refractivity contribution in [1.82, 2.24) is 0 Å². The largest absolute Gasteiger partial charge is 0.485 e. The fourth-order valence-electron chi connectivity index (χ4n) is 1.32. The Kier molecular flexibility index (Phi) is 2.17. The van der Waals surface area contributed by atoms with Crippen molar-refractivity contribution < 1.29 is 9.57 Å². The number of ether oxygens (including phenoxy) is 1. The maximum Gasteiger partial charge on any atom is 0.141 e. The zero-order valence-electron chi connectivity index (χ0n) is 7.36. The van der Waals surface area contributed by atoms with Gasteiger partial charge >= 0.3 is 0 Å². The summed E-state index contributed by atoms with van der Waals surface area (Å²) in [7, 11) is 1.55. The molecule has 1 aliphatic heterocycles. The Morgan fingerprint density at radius 2 is 2.23 bits per heavy atom. The first-order valence-corrected chi connectivity index (χ1v) is 4.09. The number of hydrogen-bond acceptors (Lipinski definition) is 3. The van der Waals surface area contributed by atoms with E-state index in [-0.39, 0.29) is 0 Å². The lowest BCUT2D eigenvalue weighted by atomic mass is 10.0. The molecule has 13 heavy (non-hydrogen) atoms. The number of benzene rings is 1. The molecule has 0 aromatic heterocycles. The number of oxime groups is 1. The van der Waals surface area contributed by atoms with Crippen LogP contribution in [0.2, 0.25) is 0 Å². The van der Waals surface area contributed by atoms with E-state index in [0.29, 0.717) is 6.42 Å². The lowest BCUT2D eigenvalue weighted by molar-refractivity contribution is 0.212. The molecule has 0 spiro atoms. The fourth-order valence-corrected chi connectivity index (χ4v) is 1.32. The lowest BCUT2D eigenvalue weighted by Gasteiger charge is -2.16. The van der Waals surface area contributed by atoms with Crippen LogP contribution in [-0.2, 0) is 4.84 Å². The first-order chi connectivity index (χ1) is 6.42. The summed E-state index contributed by atoms with van der Waals surface area (Å²) in [5.41, 5.74) is 1.91. The molecule has 2 rings (SSSR count). The predicted octanol–water partition coefficient (Wildman–Crippen LogP) is 1.98. The molecule has 1 heterocycles. The van der Waals surface area contributed by atoms with Gasteiger partial charge in [-0.15, -0.1) is 0 Å². The Morgan fingerprint density at radius 1 is 1.38 bits per heavy atom. The van der Waals surface area contributed by atoms with E-state index in [4.69, 9.17) is 9.57 Å². The quantitative estimate of drug-likeness (QED) is 0.612. The van der Waals surface area contributed by atoms with E-state index in [0.717, 1.165) is 17.0 Å². The highest BCUT2D eigenvalue weighted by Crippen LogP contribution is 2.25. The molecule has 0 saturated carbocycles. The Bertz CT molecular complexity index is 333. The normalized spacial score (nSPS) is 17.8. The van der Waals surface area contributed by atoms with Gasteiger partial charge in [0.1, 0.15) is 19.5 Å². The van der Waals surface area contributed by atoms with Crippen molar-refractivity contribution in [3.63, 3.8) is 0 Å². The maximum absolute atomic E-state index is 5.34. The van der Waals surface area contributed by atoms with Crippen LogP contribution in [0.25, 0.3) is 0 Å². The summed E-state index contributed by atoms with van der Waals surface area (Å²) in [6, 6.07) is 7.78. The SMILES string of the molecule is CO/N=C1\C[CH]Oc2ccccc21. The van der Waals surface area contributed by atoms with E-state index in [1.807, 2.05) is 24.3 Å². The van der Waals surface area contributed by atoms with Crippen LogP contribution in [-0.4, -0.2) is 12.8 Å². The standard InChI is InChI=1S/C10H10NO2/c1-12-11-9-6-7-13-10-5-3-2-4-8(9)10/h2-5,7H,6H2,1H3/b11-9+. The minimum absolute atomic E-state index is 0.685. The molecule has 0 fully saturated rings. The van der Waals surface area contributed by atoms with E-state index < -0.39 is 0 Å². The van der Waals surface area contributed by atoms with Gasteiger partial charge in [0.15, 0.2) is 0 Å². The molecular weight excluding hydrogens is 166 g/mol. The first kappa shape index (κ1) is 8.10. The third-order valence-corrected chi connectivity index (χ3v) is 1.89. The summed E-state index contributed by atoms with van der Waals surface area (Å²) in [6.45, 7) is 1.72. The van der Waals surface area contributed by atoms with Crippen LogP contribution in [0.15, 0.2) is 29.4 Å². The van der Waals surface area contributed by atoms with Crippen molar-refractivity contribution in [3.05, 3.63) is 36.4 Å². The summed E-state index contributed by atoms with van der Waals surface area (Å²) < 4.78 is 5.34. The van der Waals surface area contributed by atoms with Crippen molar-refractivity contribution >= 4 is 5.71 Å². The van der Waals surface area contributed by atoms with E-state index in [1.54, 1.807) is 13.7 Å². The van der Waals surface area contributed by atoms with Gasteiger partial charge in [0.2, 0.25) is 0 Å². The lowest BCUT2D eigenvalue weighted by Crippen LogP contribution is -2.12. The molecular formula is C10H10NO2. The van der Waals surface area contributed by atoms with Gasteiger partial charge in [-0.1, -0.05) is 17.3 Å². The molecule has 0 unspecified atom stereocenters. The second kappa shape index (κ2) is 3.47.